The average molecular weight is 860 g/mol. The van der Waals surface area contributed by atoms with Crippen LogP contribution in [0.2, 0.25) is 0 Å². The Hall–Kier alpha value is -6.91. The lowest BCUT2D eigenvalue weighted by molar-refractivity contribution is -0.142. The molecule has 2 aromatic carbocycles. The fraction of sp³-hybridized carbons (Fsp3) is 0.413. The summed E-state index contributed by atoms with van der Waals surface area (Å²) < 4.78 is 0. The molecule has 1 saturated heterocycles. The predicted molar refractivity (Wildman–Crippen MR) is 239 cm³/mol. The highest BCUT2D eigenvalue weighted by molar-refractivity contribution is 6.07. The molecule has 0 saturated carbocycles. The zero-order valence-electron chi connectivity index (χ0n) is 37.4. The molecule has 1 fully saturated rings. The first-order chi connectivity index (χ1) is 29.8. The monoisotopic (exact) mass is 859 g/mol. The van der Waals surface area contributed by atoms with Crippen LogP contribution in [0.15, 0.2) is 73.1 Å². The summed E-state index contributed by atoms with van der Waals surface area (Å²) in [5.74, 6) is -1.78. The first kappa shape index (κ1) is 45.6. The Morgan fingerprint density at radius 2 is 1.67 bits per heavy atom. The van der Waals surface area contributed by atoms with Gasteiger partial charge >= 0.3 is 6.03 Å². The number of anilines is 4. The van der Waals surface area contributed by atoms with Gasteiger partial charge in [0.2, 0.25) is 29.6 Å². The SMILES string of the molecule is Cc1ccc(Nc2ncc3c(n2)N(C)C(=O)N(c2cc(C(=O)NC(Cc4ccccc4)C(=O)N4CCC[C@H]4C(=O)NC(C)(C)C(=O)NC(C(=O)N(C)C)C(C)C)ccc2C)C3)cn1. The first-order valence-electron chi connectivity index (χ1n) is 21.1. The number of likely N-dealkylation sites (tertiary alicyclic amines) is 1. The fourth-order valence-corrected chi connectivity index (χ4v) is 7.63. The molecule has 4 heterocycles. The van der Waals surface area contributed by atoms with Crippen molar-refractivity contribution in [2.24, 2.45) is 5.92 Å². The molecule has 3 atom stereocenters. The number of urea groups is 1. The average Bonchev–Trinajstić information content (AvgIpc) is 3.75. The third kappa shape index (κ3) is 10.4. The second kappa shape index (κ2) is 19.0. The third-order valence-corrected chi connectivity index (χ3v) is 11.3. The van der Waals surface area contributed by atoms with Gasteiger partial charge in [-0.1, -0.05) is 50.2 Å². The van der Waals surface area contributed by atoms with Crippen LogP contribution in [-0.4, -0.2) is 112 Å². The molecule has 17 heteroatoms. The number of nitrogens with zero attached hydrogens (tertiary/aromatic N) is 7. The van der Waals surface area contributed by atoms with E-state index in [1.54, 1.807) is 70.5 Å². The van der Waals surface area contributed by atoms with Gasteiger partial charge < -0.3 is 31.1 Å². The molecule has 17 nitrogen and oxygen atoms in total. The van der Waals surface area contributed by atoms with E-state index in [9.17, 15) is 28.8 Å². The van der Waals surface area contributed by atoms with Crippen molar-refractivity contribution < 1.29 is 28.8 Å². The number of carbonyl (C=O) groups is 6. The minimum atomic E-state index is -1.42. The topological polar surface area (TPSA) is 202 Å². The molecule has 63 heavy (non-hydrogen) atoms. The van der Waals surface area contributed by atoms with E-state index in [1.165, 1.54) is 14.7 Å². The number of hydrogen-bond acceptors (Lipinski definition) is 10. The zero-order chi connectivity index (χ0) is 45.7. The maximum Gasteiger partial charge on any atom is 0.330 e. The van der Waals surface area contributed by atoms with Crippen LogP contribution in [0.1, 0.15) is 73.3 Å². The predicted octanol–water partition coefficient (Wildman–Crippen LogP) is 4.26. The Morgan fingerprint density at radius 3 is 2.33 bits per heavy atom. The van der Waals surface area contributed by atoms with Crippen molar-refractivity contribution >= 4 is 58.7 Å². The van der Waals surface area contributed by atoms with Crippen molar-refractivity contribution in [1.82, 2.24) is 40.7 Å². The Kier molecular flexibility index (Phi) is 13.8. The smallest absolute Gasteiger partial charge is 0.330 e. The molecule has 7 amide bonds. The van der Waals surface area contributed by atoms with E-state index >= 15 is 0 Å². The van der Waals surface area contributed by atoms with E-state index in [0.29, 0.717) is 41.5 Å². The Morgan fingerprint density at radius 1 is 0.937 bits per heavy atom. The molecule has 4 N–H and O–H groups in total. The second-order valence-corrected chi connectivity index (χ2v) is 17.2. The number of pyridine rings is 1. The number of aromatic nitrogens is 3. The summed E-state index contributed by atoms with van der Waals surface area (Å²) in [5, 5.41) is 11.7. The lowest BCUT2D eigenvalue weighted by atomic mass is 9.98. The van der Waals surface area contributed by atoms with Crippen LogP contribution in [0.5, 0.6) is 0 Å². The molecule has 4 aromatic rings. The van der Waals surface area contributed by atoms with Crippen molar-refractivity contribution in [1.29, 1.82) is 0 Å². The first-order valence-corrected chi connectivity index (χ1v) is 21.1. The standard InChI is InChI=1S/C46H57N11O6/c1-27(2)37(42(61)54(7)8)51-43(62)46(5,6)53-40(59)35-16-13-21-56(35)41(60)34(22-30-14-11-10-12-15-30)50-39(58)31-19-17-28(3)36(23-31)57-26-32-24-48-44(52-38(32)55(9)45(57)63)49-33-20-18-29(4)47-25-33/h10-12,14-15,17-20,23-25,27,34-35,37H,13,16,21-22,26H2,1-9H3,(H,50,58)(H,51,62)(H,53,59)(H,48,49,52)/t34?,35-,37?/m0/s1. The summed E-state index contributed by atoms with van der Waals surface area (Å²) in [7, 11) is 4.85. The van der Waals surface area contributed by atoms with E-state index in [1.807, 2.05) is 70.2 Å². The number of nitrogens with one attached hydrogen (secondary N) is 4. The van der Waals surface area contributed by atoms with Gasteiger partial charge in [-0.05, 0) is 81.8 Å². The summed E-state index contributed by atoms with van der Waals surface area (Å²) >= 11 is 0. The molecule has 0 spiro atoms. The summed E-state index contributed by atoms with van der Waals surface area (Å²) in [6, 6.07) is 14.9. The van der Waals surface area contributed by atoms with Crippen LogP contribution in [0.3, 0.4) is 0 Å². The lowest BCUT2D eigenvalue weighted by Gasteiger charge is -2.35. The number of benzene rings is 2. The van der Waals surface area contributed by atoms with Gasteiger partial charge in [-0.3, -0.25) is 38.8 Å². The highest BCUT2D eigenvalue weighted by Crippen LogP contribution is 2.33. The van der Waals surface area contributed by atoms with E-state index in [0.717, 1.165) is 16.8 Å². The molecular weight excluding hydrogens is 803 g/mol. The summed E-state index contributed by atoms with van der Waals surface area (Å²) in [5.41, 5.74) is 3.10. The van der Waals surface area contributed by atoms with E-state index in [-0.39, 0.29) is 42.9 Å². The summed E-state index contributed by atoms with van der Waals surface area (Å²) in [6.07, 6.45) is 4.36. The van der Waals surface area contributed by atoms with Crippen molar-refractivity contribution in [2.75, 3.05) is 42.8 Å². The summed E-state index contributed by atoms with van der Waals surface area (Å²) in [6.45, 7) is 10.9. The van der Waals surface area contributed by atoms with Gasteiger partial charge in [-0.25, -0.2) is 9.78 Å². The summed E-state index contributed by atoms with van der Waals surface area (Å²) in [4.78, 5) is 102. The Bertz CT molecular complexity index is 2370. The van der Waals surface area contributed by atoms with Crippen LogP contribution < -0.4 is 31.1 Å². The fourth-order valence-electron chi connectivity index (χ4n) is 7.63. The number of aryl methyl sites for hydroxylation is 2. The molecular formula is C46H57N11O6. The molecule has 2 aliphatic heterocycles. The maximum absolute atomic E-state index is 14.5. The number of likely N-dealkylation sites (N-methyl/N-ethyl adjacent to an activating group) is 1. The molecule has 0 bridgehead atoms. The molecule has 0 aliphatic carbocycles. The second-order valence-electron chi connectivity index (χ2n) is 17.2. The Balaban J connectivity index is 1.19. The van der Waals surface area contributed by atoms with Crippen molar-refractivity contribution in [3.8, 4) is 0 Å². The molecule has 2 aliphatic rings. The third-order valence-electron chi connectivity index (χ3n) is 11.3. The highest BCUT2D eigenvalue weighted by Gasteiger charge is 2.42. The number of rotatable bonds is 14. The number of amides is 7. The van der Waals surface area contributed by atoms with Gasteiger partial charge in [0.25, 0.3) is 5.91 Å². The van der Waals surface area contributed by atoms with Crippen LogP contribution >= 0.6 is 0 Å². The van der Waals surface area contributed by atoms with Gasteiger partial charge in [0, 0.05) is 62.8 Å². The Labute approximate surface area is 368 Å². The van der Waals surface area contributed by atoms with Crippen LogP contribution in [-0.2, 0) is 32.1 Å². The quantitative estimate of drug-likeness (QED) is 0.142. The van der Waals surface area contributed by atoms with E-state index in [4.69, 9.17) is 0 Å². The van der Waals surface area contributed by atoms with Gasteiger partial charge in [-0.2, -0.15) is 4.98 Å². The van der Waals surface area contributed by atoms with Gasteiger partial charge in [0.15, 0.2) is 0 Å². The van der Waals surface area contributed by atoms with Crippen molar-refractivity contribution in [3.63, 3.8) is 0 Å². The van der Waals surface area contributed by atoms with E-state index in [2.05, 4.69) is 36.2 Å². The molecule has 332 valence electrons. The normalized spacial score (nSPS) is 15.9. The van der Waals surface area contributed by atoms with E-state index < -0.39 is 47.3 Å². The number of hydrogen-bond donors (Lipinski definition) is 4. The van der Waals surface area contributed by atoms with Crippen LogP contribution in [0.4, 0.5) is 27.9 Å². The molecule has 2 unspecified atom stereocenters. The van der Waals surface area contributed by atoms with Gasteiger partial charge in [0.1, 0.15) is 29.5 Å². The minimum Gasteiger partial charge on any atom is -0.347 e. The van der Waals surface area contributed by atoms with Gasteiger partial charge in [0.05, 0.1) is 18.4 Å². The zero-order valence-corrected chi connectivity index (χ0v) is 37.4. The lowest BCUT2D eigenvalue weighted by Crippen LogP contribution is -2.62. The largest absolute Gasteiger partial charge is 0.347 e. The minimum absolute atomic E-state index is 0.142. The van der Waals surface area contributed by atoms with Crippen LogP contribution in [0, 0.1) is 19.8 Å². The molecule has 0 radical (unpaired) electrons. The van der Waals surface area contributed by atoms with Gasteiger partial charge in [-0.15, -0.1) is 0 Å². The van der Waals surface area contributed by atoms with Crippen LogP contribution in [0.25, 0.3) is 0 Å². The van der Waals surface area contributed by atoms with Crippen molar-refractivity contribution in [2.45, 2.75) is 91.0 Å². The maximum atomic E-state index is 14.5. The molecule has 2 aromatic heterocycles. The molecule has 6 rings (SSSR count). The number of fused-ring (bicyclic) bond motifs is 1. The highest BCUT2D eigenvalue weighted by atomic mass is 16.2. The van der Waals surface area contributed by atoms with Crippen molar-refractivity contribution in [3.05, 3.63) is 101 Å². The number of carbonyl (C=O) groups excluding carboxylic acids is 6.